The molecule has 1 aromatic carbocycles. The number of pyridine rings is 1. The lowest BCUT2D eigenvalue weighted by atomic mass is 10.1. The van der Waals surface area contributed by atoms with Crippen LogP contribution in [0.25, 0.3) is 0 Å². The Labute approximate surface area is 165 Å². The molecule has 1 saturated heterocycles. The molecule has 0 atom stereocenters. The van der Waals surface area contributed by atoms with Crippen LogP contribution < -0.4 is 15.4 Å². The molecule has 0 unspecified atom stereocenters. The van der Waals surface area contributed by atoms with Crippen LogP contribution >= 0.6 is 0 Å². The second-order valence-corrected chi connectivity index (χ2v) is 10.4. The highest BCUT2D eigenvalue weighted by atomic mass is 32.2. The molecule has 0 amide bonds. The maximum absolute atomic E-state index is 12.1. The van der Waals surface area contributed by atoms with E-state index in [9.17, 15) is 16.8 Å². The predicted molar refractivity (Wildman–Crippen MR) is 109 cm³/mol. The normalized spacial score (nSPS) is 15.4. The number of hydrogen-bond acceptors (Lipinski definition) is 7. The third-order valence-corrected chi connectivity index (χ3v) is 6.70. The van der Waals surface area contributed by atoms with Gasteiger partial charge in [-0.2, -0.15) is 0 Å². The summed E-state index contributed by atoms with van der Waals surface area (Å²) >= 11 is 0. The van der Waals surface area contributed by atoms with Crippen molar-refractivity contribution in [1.82, 2.24) is 4.98 Å². The van der Waals surface area contributed by atoms with Crippen LogP contribution in [0.3, 0.4) is 0 Å². The van der Waals surface area contributed by atoms with E-state index in [0.717, 1.165) is 36.8 Å². The van der Waals surface area contributed by atoms with Crippen LogP contribution in [0.15, 0.2) is 46.3 Å². The third kappa shape index (κ3) is 5.00. The maximum Gasteiger partial charge on any atom is 0.238 e. The molecule has 3 rings (SSSR count). The Morgan fingerprint density at radius 3 is 2.36 bits per heavy atom. The summed E-state index contributed by atoms with van der Waals surface area (Å²) in [7, 11) is -7.64. The average molecular weight is 425 g/mol. The molecule has 1 fully saturated rings. The van der Waals surface area contributed by atoms with Crippen molar-refractivity contribution in [3.05, 3.63) is 42.1 Å². The number of hydrogen-bond donors (Lipinski definition) is 2. The van der Waals surface area contributed by atoms with E-state index in [1.807, 2.05) is 12.1 Å². The van der Waals surface area contributed by atoms with E-state index in [1.165, 1.54) is 31.4 Å². The van der Waals surface area contributed by atoms with Crippen LogP contribution in [0.4, 0.5) is 11.5 Å². The molecule has 2 aromatic rings. The quantitative estimate of drug-likeness (QED) is 0.724. The molecular formula is C18H24N4O4S2. The fourth-order valence-corrected chi connectivity index (χ4v) is 4.66. The Hall–Kier alpha value is -2.17. The lowest BCUT2D eigenvalue weighted by Gasteiger charge is -2.27. The first-order valence-electron chi connectivity index (χ1n) is 8.95. The topological polar surface area (TPSA) is 122 Å². The SMILES string of the molecule is CS(=O)(=O)c1cc(S(N)(=O)=O)ccc1NCc1ccc(N2CCCCC2)nc1. The van der Waals surface area contributed by atoms with Crippen molar-refractivity contribution in [2.45, 2.75) is 35.6 Å². The third-order valence-electron chi connectivity index (χ3n) is 4.65. The van der Waals surface area contributed by atoms with Gasteiger partial charge in [0.15, 0.2) is 9.84 Å². The summed E-state index contributed by atoms with van der Waals surface area (Å²) in [6, 6.07) is 7.67. The van der Waals surface area contributed by atoms with Gasteiger partial charge in [0.05, 0.1) is 15.5 Å². The first kappa shape index (κ1) is 20.6. The average Bonchev–Trinajstić information content (AvgIpc) is 2.66. The molecule has 3 N–H and O–H groups in total. The zero-order valence-electron chi connectivity index (χ0n) is 15.6. The van der Waals surface area contributed by atoms with Gasteiger partial charge in [0.1, 0.15) is 5.82 Å². The van der Waals surface area contributed by atoms with Crippen molar-refractivity contribution < 1.29 is 16.8 Å². The van der Waals surface area contributed by atoms with Gasteiger partial charge in [-0.3, -0.25) is 0 Å². The zero-order chi connectivity index (χ0) is 20.4. The molecule has 0 aliphatic carbocycles. The lowest BCUT2D eigenvalue weighted by molar-refractivity contribution is 0.573. The van der Waals surface area contributed by atoms with Crippen molar-refractivity contribution in [3.8, 4) is 0 Å². The molecular weight excluding hydrogens is 400 g/mol. The highest BCUT2D eigenvalue weighted by molar-refractivity contribution is 7.91. The number of aromatic nitrogens is 1. The number of anilines is 2. The minimum atomic E-state index is -3.99. The van der Waals surface area contributed by atoms with Crippen molar-refractivity contribution in [2.75, 3.05) is 29.6 Å². The van der Waals surface area contributed by atoms with Crippen LogP contribution in [0.5, 0.6) is 0 Å². The number of sulfone groups is 1. The lowest BCUT2D eigenvalue weighted by Crippen LogP contribution is -2.30. The van der Waals surface area contributed by atoms with Crippen molar-refractivity contribution >= 4 is 31.4 Å². The minimum absolute atomic E-state index is 0.114. The second-order valence-electron chi connectivity index (χ2n) is 6.90. The molecule has 1 aliphatic heterocycles. The summed E-state index contributed by atoms with van der Waals surface area (Å²) in [5.41, 5.74) is 1.20. The van der Waals surface area contributed by atoms with Gasteiger partial charge in [0.25, 0.3) is 0 Å². The number of nitrogens with two attached hydrogens (primary N) is 1. The zero-order valence-corrected chi connectivity index (χ0v) is 17.3. The van der Waals surface area contributed by atoms with Gasteiger partial charge in [-0.1, -0.05) is 6.07 Å². The summed E-state index contributed by atoms with van der Waals surface area (Å²) in [6.07, 6.45) is 6.39. The molecule has 1 aliphatic rings. The fraction of sp³-hybridized carbons (Fsp3) is 0.389. The van der Waals surface area contributed by atoms with Crippen LogP contribution in [0.2, 0.25) is 0 Å². The van der Waals surface area contributed by atoms with Crippen molar-refractivity contribution in [1.29, 1.82) is 0 Å². The standard InChI is InChI=1S/C18H24N4O4S2/c1-27(23,24)17-11-15(28(19,25)26)6-7-16(17)20-12-14-5-8-18(21-13-14)22-9-3-2-4-10-22/h5-8,11,13,20H,2-4,9-10,12H2,1H3,(H2,19,25,26). The molecule has 28 heavy (non-hydrogen) atoms. The van der Waals surface area contributed by atoms with Gasteiger partial charge in [-0.05, 0) is 49.1 Å². The van der Waals surface area contributed by atoms with E-state index in [-0.39, 0.29) is 9.79 Å². The Kier molecular flexibility index (Phi) is 5.92. The van der Waals surface area contributed by atoms with Gasteiger partial charge in [-0.15, -0.1) is 0 Å². The molecule has 1 aromatic heterocycles. The number of rotatable bonds is 6. The Morgan fingerprint density at radius 2 is 1.79 bits per heavy atom. The van der Waals surface area contributed by atoms with E-state index in [1.54, 1.807) is 6.20 Å². The van der Waals surface area contributed by atoms with E-state index < -0.39 is 19.9 Å². The molecule has 0 bridgehead atoms. The number of piperidine rings is 1. The highest BCUT2D eigenvalue weighted by Gasteiger charge is 2.18. The summed E-state index contributed by atoms with van der Waals surface area (Å²) in [6.45, 7) is 2.38. The smallest absolute Gasteiger partial charge is 0.238 e. The molecule has 0 saturated carbocycles. The number of nitrogens with one attached hydrogen (secondary N) is 1. The Balaban J connectivity index is 1.77. The Morgan fingerprint density at radius 1 is 1.07 bits per heavy atom. The fourth-order valence-electron chi connectivity index (χ4n) is 3.16. The van der Waals surface area contributed by atoms with E-state index >= 15 is 0 Å². The van der Waals surface area contributed by atoms with Crippen LogP contribution in [0, 0.1) is 0 Å². The monoisotopic (exact) mass is 424 g/mol. The predicted octanol–water partition coefficient (Wildman–Crippen LogP) is 1.73. The number of benzene rings is 1. The molecule has 0 radical (unpaired) electrons. The van der Waals surface area contributed by atoms with Gasteiger partial charge in [0, 0.05) is 32.1 Å². The van der Waals surface area contributed by atoms with E-state index in [2.05, 4.69) is 15.2 Å². The highest BCUT2D eigenvalue weighted by Crippen LogP contribution is 2.25. The molecule has 10 heteroatoms. The molecule has 8 nitrogen and oxygen atoms in total. The van der Waals surface area contributed by atoms with Crippen LogP contribution in [-0.4, -0.2) is 41.2 Å². The number of sulfonamides is 1. The maximum atomic E-state index is 12.1. The summed E-state index contributed by atoms with van der Waals surface area (Å²) in [5, 5.41) is 8.15. The van der Waals surface area contributed by atoms with E-state index in [4.69, 9.17) is 5.14 Å². The van der Waals surface area contributed by atoms with Crippen molar-refractivity contribution in [3.63, 3.8) is 0 Å². The number of nitrogens with zero attached hydrogens (tertiary/aromatic N) is 2. The second kappa shape index (κ2) is 8.06. The van der Waals surface area contributed by atoms with E-state index in [0.29, 0.717) is 12.2 Å². The summed E-state index contributed by atoms with van der Waals surface area (Å²) in [4.78, 5) is 6.40. The molecule has 0 spiro atoms. The first-order chi connectivity index (χ1) is 13.1. The van der Waals surface area contributed by atoms with Crippen molar-refractivity contribution in [2.24, 2.45) is 5.14 Å². The van der Waals surface area contributed by atoms with Gasteiger partial charge in [0.2, 0.25) is 10.0 Å². The summed E-state index contributed by atoms with van der Waals surface area (Å²) in [5.74, 6) is 0.942. The number of primary sulfonamides is 1. The minimum Gasteiger partial charge on any atom is -0.380 e. The molecule has 2 heterocycles. The van der Waals surface area contributed by atoms with Gasteiger partial charge in [-0.25, -0.2) is 27.0 Å². The summed E-state index contributed by atoms with van der Waals surface area (Å²) < 4.78 is 47.2. The Bertz CT molecular complexity index is 1050. The first-order valence-corrected chi connectivity index (χ1v) is 12.4. The molecule has 152 valence electrons. The van der Waals surface area contributed by atoms with Crippen LogP contribution in [-0.2, 0) is 26.4 Å². The van der Waals surface area contributed by atoms with Crippen LogP contribution in [0.1, 0.15) is 24.8 Å². The largest absolute Gasteiger partial charge is 0.380 e. The van der Waals surface area contributed by atoms with Gasteiger partial charge >= 0.3 is 0 Å². The van der Waals surface area contributed by atoms with Gasteiger partial charge < -0.3 is 10.2 Å².